The van der Waals surface area contributed by atoms with E-state index in [1.54, 1.807) is 0 Å². The van der Waals surface area contributed by atoms with Crippen molar-refractivity contribution >= 4 is 0 Å². The Morgan fingerprint density at radius 1 is 1.40 bits per heavy atom. The van der Waals surface area contributed by atoms with Crippen LogP contribution in [0.2, 0.25) is 0 Å². The van der Waals surface area contributed by atoms with E-state index in [0.717, 1.165) is 31.9 Å². The SMILES string of the molecule is CCCOc1cccc(C(CN)N2CCC(C)(C)C2)c1. The summed E-state index contributed by atoms with van der Waals surface area (Å²) in [4.78, 5) is 2.51. The third kappa shape index (κ3) is 3.74. The average molecular weight is 276 g/mol. The van der Waals surface area contributed by atoms with E-state index in [1.165, 1.54) is 12.0 Å². The third-order valence-corrected chi connectivity index (χ3v) is 4.09. The van der Waals surface area contributed by atoms with E-state index in [9.17, 15) is 0 Å². The minimum atomic E-state index is 0.307. The van der Waals surface area contributed by atoms with Gasteiger partial charge in [-0.3, -0.25) is 4.90 Å². The molecule has 1 aromatic rings. The summed E-state index contributed by atoms with van der Waals surface area (Å²) in [6.45, 7) is 10.5. The highest BCUT2D eigenvalue weighted by Gasteiger charge is 2.33. The van der Waals surface area contributed by atoms with Crippen LogP contribution < -0.4 is 10.5 Å². The first-order valence-electron chi connectivity index (χ1n) is 7.72. The van der Waals surface area contributed by atoms with E-state index in [-0.39, 0.29) is 0 Å². The molecule has 2 rings (SSSR count). The van der Waals surface area contributed by atoms with Gasteiger partial charge in [0.1, 0.15) is 5.75 Å². The van der Waals surface area contributed by atoms with E-state index in [1.807, 2.05) is 6.07 Å². The minimum absolute atomic E-state index is 0.307. The molecular weight excluding hydrogens is 248 g/mol. The Morgan fingerprint density at radius 3 is 2.80 bits per heavy atom. The number of likely N-dealkylation sites (tertiary alicyclic amines) is 1. The van der Waals surface area contributed by atoms with E-state index >= 15 is 0 Å². The van der Waals surface area contributed by atoms with Crippen molar-refractivity contribution in [2.24, 2.45) is 11.1 Å². The molecule has 20 heavy (non-hydrogen) atoms. The molecule has 0 radical (unpaired) electrons. The number of nitrogens with two attached hydrogens (primary N) is 1. The number of ether oxygens (including phenoxy) is 1. The molecule has 1 saturated heterocycles. The van der Waals surface area contributed by atoms with Crippen LogP contribution in [0.5, 0.6) is 5.75 Å². The predicted molar refractivity (Wildman–Crippen MR) is 84.0 cm³/mol. The molecule has 1 aromatic carbocycles. The van der Waals surface area contributed by atoms with Gasteiger partial charge in [-0.2, -0.15) is 0 Å². The lowest BCUT2D eigenvalue weighted by atomic mass is 9.93. The maximum absolute atomic E-state index is 6.04. The van der Waals surface area contributed by atoms with Crippen LogP contribution in [0.1, 0.15) is 45.2 Å². The Morgan fingerprint density at radius 2 is 2.20 bits per heavy atom. The van der Waals surface area contributed by atoms with Gasteiger partial charge in [-0.15, -0.1) is 0 Å². The van der Waals surface area contributed by atoms with Gasteiger partial charge in [0.15, 0.2) is 0 Å². The van der Waals surface area contributed by atoms with Gasteiger partial charge in [-0.25, -0.2) is 0 Å². The van der Waals surface area contributed by atoms with Crippen LogP contribution in [0.4, 0.5) is 0 Å². The minimum Gasteiger partial charge on any atom is -0.494 e. The van der Waals surface area contributed by atoms with Gasteiger partial charge >= 0.3 is 0 Å². The Kier molecular flexibility index (Phi) is 5.06. The Bertz CT molecular complexity index is 431. The predicted octanol–water partition coefficient (Wildman–Crippen LogP) is 3.21. The second kappa shape index (κ2) is 6.59. The second-order valence-corrected chi connectivity index (χ2v) is 6.56. The van der Waals surface area contributed by atoms with Gasteiger partial charge in [-0.1, -0.05) is 32.9 Å². The molecule has 0 spiro atoms. The van der Waals surface area contributed by atoms with Crippen molar-refractivity contribution in [3.8, 4) is 5.75 Å². The van der Waals surface area contributed by atoms with Crippen LogP contribution in [0.15, 0.2) is 24.3 Å². The zero-order valence-corrected chi connectivity index (χ0v) is 13.1. The maximum atomic E-state index is 6.04. The fraction of sp³-hybridized carbons (Fsp3) is 0.647. The molecule has 0 bridgehead atoms. The first-order chi connectivity index (χ1) is 9.55. The highest BCUT2D eigenvalue weighted by molar-refractivity contribution is 5.31. The summed E-state index contributed by atoms with van der Waals surface area (Å²) in [6.07, 6.45) is 2.28. The lowest BCUT2D eigenvalue weighted by Crippen LogP contribution is -2.33. The maximum Gasteiger partial charge on any atom is 0.119 e. The highest BCUT2D eigenvalue weighted by Crippen LogP contribution is 2.35. The number of benzene rings is 1. The molecule has 1 unspecified atom stereocenters. The number of rotatable bonds is 6. The van der Waals surface area contributed by atoms with E-state index in [4.69, 9.17) is 10.5 Å². The lowest BCUT2D eigenvalue weighted by molar-refractivity contribution is 0.222. The average Bonchev–Trinajstić information content (AvgIpc) is 2.78. The Hall–Kier alpha value is -1.06. The van der Waals surface area contributed by atoms with Crippen LogP contribution in [-0.2, 0) is 0 Å². The second-order valence-electron chi connectivity index (χ2n) is 6.56. The summed E-state index contributed by atoms with van der Waals surface area (Å²) in [7, 11) is 0. The van der Waals surface area contributed by atoms with Gasteiger partial charge in [0.05, 0.1) is 6.61 Å². The first-order valence-corrected chi connectivity index (χ1v) is 7.72. The number of hydrogen-bond acceptors (Lipinski definition) is 3. The summed E-state index contributed by atoms with van der Waals surface area (Å²) in [5, 5.41) is 0. The van der Waals surface area contributed by atoms with Gasteiger partial charge in [-0.05, 0) is 42.5 Å². The summed E-state index contributed by atoms with van der Waals surface area (Å²) in [5.41, 5.74) is 7.72. The molecule has 0 aromatic heterocycles. The Balaban J connectivity index is 2.11. The van der Waals surface area contributed by atoms with Gasteiger partial charge in [0, 0.05) is 19.1 Å². The molecule has 3 heteroatoms. The van der Waals surface area contributed by atoms with Gasteiger partial charge in [0.25, 0.3) is 0 Å². The van der Waals surface area contributed by atoms with Crippen LogP contribution in [-0.4, -0.2) is 31.1 Å². The van der Waals surface area contributed by atoms with Crippen molar-refractivity contribution in [1.82, 2.24) is 4.90 Å². The lowest BCUT2D eigenvalue weighted by Gasteiger charge is -2.28. The standard InChI is InChI=1S/C17H28N2O/c1-4-10-20-15-7-5-6-14(11-15)16(12-18)19-9-8-17(2,3)13-19/h5-7,11,16H,4,8-10,12-13,18H2,1-3H3. The van der Waals surface area contributed by atoms with Crippen molar-refractivity contribution in [2.45, 2.75) is 39.7 Å². The molecule has 1 aliphatic rings. The largest absolute Gasteiger partial charge is 0.494 e. The summed E-state index contributed by atoms with van der Waals surface area (Å²) in [5.74, 6) is 0.959. The molecular formula is C17H28N2O. The third-order valence-electron chi connectivity index (χ3n) is 4.09. The summed E-state index contributed by atoms with van der Waals surface area (Å²) >= 11 is 0. The van der Waals surface area contributed by atoms with Gasteiger partial charge < -0.3 is 10.5 Å². The molecule has 1 aliphatic heterocycles. The first kappa shape index (κ1) is 15.3. The molecule has 0 saturated carbocycles. The summed E-state index contributed by atoms with van der Waals surface area (Å²) < 4.78 is 5.73. The topological polar surface area (TPSA) is 38.5 Å². The molecule has 1 heterocycles. The van der Waals surface area contributed by atoms with Crippen molar-refractivity contribution in [3.05, 3.63) is 29.8 Å². The van der Waals surface area contributed by atoms with E-state index in [0.29, 0.717) is 18.0 Å². The molecule has 0 amide bonds. The normalized spacial score (nSPS) is 20.0. The molecule has 0 aliphatic carbocycles. The molecule has 3 nitrogen and oxygen atoms in total. The van der Waals surface area contributed by atoms with Crippen molar-refractivity contribution in [3.63, 3.8) is 0 Å². The summed E-state index contributed by atoms with van der Waals surface area (Å²) in [6, 6.07) is 8.73. The van der Waals surface area contributed by atoms with E-state index < -0.39 is 0 Å². The Labute approximate surface area is 123 Å². The van der Waals surface area contributed by atoms with Crippen LogP contribution >= 0.6 is 0 Å². The van der Waals surface area contributed by atoms with Crippen molar-refractivity contribution in [1.29, 1.82) is 0 Å². The zero-order chi connectivity index (χ0) is 14.6. The van der Waals surface area contributed by atoms with Crippen LogP contribution in [0, 0.1) is 5.41 Å². The quantitative estimate of drug-likeness (QED) is 0.867. The van der Waals surface area contributed by atoms with Crippen molar-refractivity contribution < 1.29 is 4.74 Å². The zero-order valence-electron chi connectivity index (χ0n) is 13.1. The van der Waals surface area contributed by atoms with Crippen LogP contribution in [0.3, 0.4) is 0 Å². The molecule has 1 atom stereocenters. The fourth-order valence-electron chi connectivity index (χ4n) is 2.95. The van der Waals surface area contributed by atoms with Crippen molar-refractivity contribution in [2.75, 3.05) is 26.2 Å². The monoisotopic (exact) mass is 276 g/mol. The number of nitrogens with zero attached hydrogens (tertiary/aromatic N) is 1. The van der Waals surface area contributed by atoms with E-state index in [2.05, 4.69) is 43.9 Å². The molecule has 2 N–H and O–H groups in total. The highest BCUT2D eigenvalue weighted by atomic mass is 16.5. The van der Waals surface area contributed by atoms with Crippen LogP contribution in [0.25, 0.3) is 0 Å². The smallest absolute Gasteiger partial charge is 0.119 e. The fourth-order valence-corrected chi connectivity index (χ4v) is 2.95. The molecule has 112 valence electrons. The van der Waals surface area contributed by atoms with Gasteiger partial charge in [0.2, 0.25) is 0 Å². The number of hydrogen-bond donors (Lipinski definition) is 1. The molecule has 1 fully saturated rings.